The minimum absolute atomic E-state index is 0. The lowest BCUT2D eigenvalue weighted by Crippen LogP contribution is -2.40. The Labute approximate surface area is 153 Å². The van der Waals surface area contributed by atoms with Gasteiger partial charge in [-0.2, -0.15) is 0 Å². The molecule has 1 saturated carbocycles. The number of carbonyl (C=O) groups excluding carboxylic acids is 1. The van der Waals surface area contributed by atoms with Gasteiger partial charge in [0, 0.05) is 17.1 Å². The maximum Gasteiger partial charge on any atom is 0.221 e. The number of hydrogen-bond donors (Lipinski definition) is 2. The molecular weight excluding hydrogens is 347 g/mol. The molecule has 1 amide bonds. The summed E-state index contributed by atoms with van der Waals surface area (Å²) in [4.78, 5) is 13.6. The lowest BCUT2D eigenvalue weighted by atomic mass is 9.71. The van der Waals surface area contributed by atoms with Crippen LogP contribution in [0, 0.1) is 11.2 Å². The maximum absolute atomic E-state index is 13.6. The summed E-state index contributed by atoms with van der Waals surface area (Å²) in [5, 5.41) is 3.13. The maximum atomic E-state index is 13.6. The molecule has 1 heterocycles. The Morgan fingerprint density at radius 3 is 2.79 bits per heavy atom. The SMILES string of the molecule is Cl.NCC1(CC(=O)NC2CCSc3ccc(F)cc32)CCCCC1. The van der Waals surface area contributed by atoms with Gasteiger partial charge >= 0.3 is 0 Å². The van der Waals surface area contributed by atoms with Gasteiger partial charge in [-0.3, -0.25) is 4.79 Å². The zero-order valence-electron chi connectivity index (χ0n) is 13.9. The third-order valence-electron chi connectivity index (χ3n) is 5.23. The molecule has 3 nitrogen and oxygen atoms in total. The van der Waals surface area contributed by atoms with Gasteiger partial charge in [-0.05, 0) is 55.0 Å². The Morgan fingerprint density at radius 2 is 2.08 bits per heavy atom. The van der Waals surface area contributed by atoms with Crippen LogP contribution in [0.15, 0.2) is 23.1 Å². The number of rotatable bonds is 4. The normalized spacial score (nSPS) is 22.2. The predicted molar refractivity (Wildman–Crippen MR) is 99.1 cm³/mol. The van der Waals surface area contributed by atoms with Gasteiger partial charge in [0.15, 0.2) is 0 Å². The monoisotopic (exact) mass is 372 g/mol. The number of thioether (sulfide) groups is 1. The van der Waals surface area contributed by atoms with E-state index in [4.69, 9.17) is 5.73 Å². The second-order valence-electron chi connectivity index (χ2n) is 6.88. The minimum atomic E-state index is -0.240. The molecule has 0 aromatic heterocycles. The summed E-state index contributed by atoms with van der Waals surface area (Å²) in [7, 11) is 0. The Morgan fingerprint density at radius 1 is 1.33 bits per heavy atom. The molecule has 0 radical (unpaired) electrons. The average molecular weight is 373 g/mol. The molecular formula is C18H26ClFN2OS. The Hall–Kier alpha value is -0.780. The largest absolute Gasteiger partial charge is 0.349 e. The lowest BCUT2D eigenvalue weighted by molar-refractivity contribution is -0.124. The van der Waals surface area contributed by atoms with Crippen molar-refractivity contribution in [1.29, 1.82) is 0 Å². The fraction of sp³-hybridized carbons (Fsp3) is 0.611. The van der Waals surface area contributed by atoms with Crippen LogP contribution in [-0.2, 0) is 4.79 Å². The molecule has 0 saturated heterocycles. The van der Waals surface area contributed by atoms with E-state index in [1.54, 1.807) is 17.8 Å². The molecule has 0 spiro atoms. The molecule has 1 atom stereocenters. The number of halogens is 2. The first-order chi connectivity index (χ1) is 11.1. The van der Waals surface area contributed by atoms with Crippen LogP contribution in [0.25, 0.3) is 0 Å². The van der Waals surface area contributed by atoms with Crippen LogP contribution in [0.4, 0.5) is 4.39 Å². The number of hydrogen-bond acceptors (Lipinski definition) is 3. The summed E-state index contributed by atoms with van der Waals surface area (Å²) < 4.78 is 13.6. The molecule has 6 heteroatoms. The van der Waals surface area contributed by atoms with E-state index in [-0.39, 0.29) is 35.6 Å². The molecule has 1 fully saturated rings. The smallest absolute Gasteiger partial charge is 0.221 e. The predicted octanol–water partition coefficient (Wildman–Crippen LogP) is 4.20. The Balaban J connectivity index is 0.00000208. The van der Waals surface area contributed by atoms with Crippen molar-refractivity contribution < 1.29 is 9.18 Å². The van der Waals surface area contributed by atoms with Gasteiger partial charge in [0.1, 0.15) is 5.82 Å². The summed E-state index contributed by atoms with van der Waals surface area (Å²) in [5.41, 5.74) is 6.87. The zero-order valence-corrected chi connectivity index (χ0v) is 15.5. The number of carbonyl (C=O) groups is 1. The summed E-state index contributed by atoms with van der Waals surface area (Å²) in [6.45, 7) is 0.576. The van der Waals surface area contributed by atoms with Crippen molar-refractivity contribution in [3.8, 4) is 0 Å². The first kappa shape index (κ1) is 19.5. The van der Waals surface area contributed by atoms with Gasteiger partial charge in [-0.25, -0.2) is 4.39 Å². The first-order valence-corrected chi connectivity index (χ1v) is 9.52. The summed E-state index contributed by atoms with van der Waals surface area (Å²) in [5.74, 6) is 0.770. The van der Waals surface area contributed by atoms with E-state index in [1.165, 1.54) is 25.3 Å². The summed E-state index contributed by atoms with van der Waals surface area (Å²) in [6.07, 6.45) is 7.01. The van der Waals surface area contributed by atoms with Crippen molar-refractivity contribution in [3.05, 3.63) is 29.6 Å². The van der Waals surface area contributed by atoms with Gasteiger partial charge in [-0.1, -0.05) is 19.3 Å². The first-order valence-electron chi connectivity index (χ1n) is 8.54. The van der Waals surface area contributed by atoms with Gasteiger partial charge in [0.05, 0.1) is 6.04 Å². The van der Waals surface area contributed by atoms with Crippen molar-refractivity contribution in [2.45, 2.75) is 55.9 Å². The molecule has 3 rings (SSSR count). The number of nitrogens with one attached hydrogen (secondary N) is 1. The third-order valence-corrected chi connectivity index (χ3v) is 6.35. The molecule has 3 N–H and O–H groups in total. The molecule has 1 unspecified atom stereocenters. The van der Waals surface area contributed by atoms with E-state index < -0.39 is 0 Å². The molecule has 1 aromatic rings. The topological polar surface area (TPSA) is 55.1 Å². The lowest BCUT2D eigenvalue weighted by Gasteiger charge is -2.36. The minimum Gasteiger partial charge on any atom is -0.349 e. The quantitative estimate of drug-likeness (QED) is 0.832. The molecule has 1 aliphatic carbocycles. The van der Waals surface area contributed by atoms with Crippen LogP contribution in [-0.4, -0.2) is 18.2 Å². The standard InChI is InChI=1S/C18H25FN2OS.ClH/c19-13-4-5-16-14(10-13)15(6-9-23-16)21-17(22)11-18(12-20)7-2-1-3-8-18;/h4-5,10,15H,1-3,6-9,11-12,20H2,(H,21,22);1H. The molecule has 0 bridgehead atoms. The fourth-order valence-electron chi connectivity index (χ4n) is 3.86. The van der Waals surface area contributed by atoms with E-state index in [0.717, 1.165) is 35.5 Å². The summed E-state index contributed by atoms with van der Waals surface area (Å²) in [6, 6.07) is 4.79. The summed E-state index contributed by atoms with van der Waals surface area (Å²) >= 11 is 1.73. The van der Waals surface area contributed by atoms with Crippen molar-refractivity contribution >= 4 is 30.1 Å². The van der Waals surface area contributed by atoms with Crippen LogP contribution >= 0.6 is 24.2 Å². The molecule has 1 aliphatic heterocycles. The molecule has 2 aliphatic rings. The van der Waals surface area contributed by atoms with Gasteiger partial charge in [0.2, 0.25) is 5.91 Å². The Bertz CT molecular complexity index is 578. The van der Waals surface area contributed by atoms with E-state index in [9.17, 15) is 9.18 Å². The van der Waals surface area contributed by atoms with E-state index in [0.29, 0.717) is 13.0 Å². The van der Waals surface area contributed by atoms with E-state index in [2.05, 4.69) is 5.32 Å². The zero-order chi connectivity index (χ0) is 16.3. The molecule has 134 valence electrons. The van der Waals surface area contributed by atoms with Gasteiger partial charge in [0.25, 0.3) is 0 Å². The van der Waals surface area contributed by atoms with Gasteiger partial charge in [-0.15, -0.1) is 24.2 Å². The third kappa shape index (κ3) is 4.44. The van der Waals surface area contributed by atoms with E-state index >= 15 is 0 Å². The highest BCUT2D eigenvalue weighted by atomic mass is 35.5. The second kappa shape index (κ2) is 8.54. The van der Waals surface area contributed by atoms with Crippen molar-refractivity contribution in [2.75, 3.05) is 12.3 Å². The van der Waals surface area contributed by atoms with Crippen molar-refractivity contribution in [2.24, 2.45) is 11.1 Å². The van der Waals surface area contributed by atoms with Crippen LogP contribution in [0.3, 0.4) is 0 Å². The fourth-order valence-corrected chi connectivity index (χ4v) is 4.96. The van der Waals surface area contributed by atoms with Crippen LogP contribution in [0.1, 0.15) is 56.6 Å². The number of nitrogens with two attached hydrogens (primary N) is 1. The highest BCUT2D eigenvalue weighted by Crippen LogP contribution is 2.40. The second-order valence-corrected chi connectivity index (χ2v) is 8.02. The van der Waals surface area contributed by atoms with Crippen molar-refractivity contribution in [1.82, 2.24) is 5.32 Å². The van der Waals surface area contributed by atoms with E-state index in [1.807, 2.05) is 6.07 Å². The number of amides is 1. The number of benzene rings is 1. The van der Waals surface area contributed by atoms with Gasteiger partial charge < -0.3 is 11.1 Å². The van der Waals surface area contributed by atoms with Crippen LogP contribution in [0.5, 0.6) is 0 Å². The highest BCUT2D eigenvalue weighted by Gasteiger charge is 2.34. The van der Waals surface area contributed by atoms with Crippen LogP contribution < -0.4 is 11.1 Å². The molecule has 1 aromatic carbocycles. The van der Waals surface area contributed by atoms with Crippen LogP contribution in [0.2, 0.25) is 0 Å². The average Bonchev–Trinajstić information content (AvgIpc) is 2.56. The van der Waals surface area contributed by atoms with Crippen molar-refractivity contribution in [3.63, 3.8) is 0 Å². The Kier molecular flexibility index (Phi) is 6.96. The molecule has 24 heavy (non-hydrogen) atoms. The highest BCUT2D eigenvalue weighted by molar-refractivity contribution is 7.99. The number of fused-ring (bicyclic) bond motifs is 1.